The standard InChI is InChI=1S/C27H24N6O/c1-33-25-13-12-21(15-24(25)31-26(33)20-5-4-14-29-17-20)30-16-18-8-10-19(11-9-18)27(34)32-23-7-3-2-6-22(23)28/h2-15,17,30H,16,28H2,1H3,(H,32,34). The number of aromatic nitrogens is 3. The summed E-state index contributed by atoms with van der Waals surface area (Å²) in [5.41, 5.74) is 12.6. The SMILES string of the molecule is Cn1c(-c2cccnc2)nc2cc(NCc3ccc(C(=O)Nc4ccccc4N)cc3)ccc21. The molecule has 2 heterocycles. The first kappa shape index (κ1) is 21.2. The van der Waals surface area contributed by atoms with Gasteiger partial charge in [-0.15, -0.1) is 0 Å². The molecule has 0 atom stereocenters. The van der Waals surface area contributed by atoms with Crippen LogP contribution in [0.4, 0.5) is 17.1 Å². The summed E-state index contributed by atoms with van der Waals surface area (Å²) in [6, 6.07) is 24.8. The Hall–Kier alpha value is -4.65. The molecule has 0 aliphatic carbocycles. The van der Waals surface area contributed by atoms with Crippen LogP contribution in [0.5, 0.6) is 0 Å². The Labute approximate surface area is 197 Å². The van der Waals surface area contributed by atoms with E-state index in [0.29, 0.717) is 23.5 Å². The van der Waals surface area contributed by atoms with Crippen molar-refractivity contribution in [3.63, 3.8) is 0 Å². The number of imidazole rings is 1. The number of carbonyl (C=O) groups excluding carboxylic acids is 1. The molecule has 0 unspecified atom stereocenters. The minimum absolute atomic E-state index is 0.192. The zero-order valence-electron chi connectivity index (χ0n) is 18.7. The molecule has 0 saturated carbocycles. The van der Waals surface area contributed by atoms with E-state index in [-0.39, 0.29) is 5.91 Å². The zero-order chi connectivity index (χ0) is 23.5. The molecule has 5 rings (SSSR count). The van der Waals surface area contributed by atoms with Crippen LogP contribution in [0.3, 0.4) is 0 Å². The van der Waals surface area contributed by atoms with E-state index in [1.165, 1.54) is 0 Å². The number of rotatable bonds is 6. The predicted molar refractivity (Wildman–Crippen MR) is 137 cm³/mol. The minimum atomic E-state index is -0.192. The number of aryl methyl sites for hydroxylation is 1. The summed E-state index contributed by atoms with van der Waals surface area (Å²) in [6.45, 7) is 0.626. The van der Waals surface area contributed by atoms with Gasteiger partial charge in [0.1, 0.15) is 5.82 Å². The van der Waals surface area contributed by atoms with Crippen LogP contribution >= 0.6 is 0 Å². The molecule has 0 spiro atoms. The van der Waals surface area contributed by atoms with Crippen molar-refractivity contribution < 1.29 is 4.79 Å². The zero-order valence-corrected chi connectivity index (χ0v) is 18.7. The first-order valence-electron chi connectivity index (χ1n) is 10.9. The summed E-state index contributed by atoms with van der Waals surface area (Å²) in [4.78, 5) is 21.5. The van der Waals surface area contributed by atoms with E-state index >= 15 is 0 Å². The lowest BCUT2D eigenvalue weighted by atomic mass is 10.1. The lowest BCUT2D eigenvalue weighted by Gasteiger charge is -2.09. The number of hydrogen-bond donors (Lipinski definition) is 3. The molecule has 7 heteroatoms. The number of benzene rings is 3. The average Bonchev–Trinajstić information content (AvgIpc) is 3.20. The van der Waals surface area contributed by atoms with Gasteiger partial charge in [0.2, 0.25) is 0 Å². The van der Waals surface area contributed by atoms with E-state index in [4.69, 9.17) is 10.7 Å². The monoisotopic (exact) mass is 448 g/mol. The number of anilines is 3. The lowest BCUT2D eigenvalue weighted by molar-refractivity contribution is 0.102. The molecular formula is C27H24N6O. The maximum Gasteiger partial charge on any atom is 0.255 e. The Bertz CT molecular complexity index is 1460. The summed E-state index contributed by atoms with van der Waals surface area (Å²) in [5.74, 6) is 0.689. The van der Waals surface area contributed by atoms with E-state index in [1.807, 2.05) is 73.9 Å². The molecule has 0 fully saturated rings. The molecule has 1 amide bonds. The van der Waals surface area contributed by atoms with Crippen LogP contribution in [-0.2, 0) is 13.6 Å². The van der Waals surface area contributed by atoms with Gasteiger partial charge in [-0.25, -0.2) is 4.98 Å². The summed E-state index contributed by atoms with van der Waals surface area (Å²) in [5, 5.41) is 6.29. The van der Waals surface area contributed by atoms with Gasteiger partial charge in [0.15, 0.2) is 0 Å². The fourth-order valence-electron chi connectivity index (χ4n) is 3.85. The fraction of sp³-hybridized carbons (Fsp3) is 0.0741. The third-order valence-corrected chi connectivity index (χ3v) is 5.72. The number of para-hydroxylation sites is 2. The Kier molecular flexibility index (Phi) is 5.66. The van der Waals surface area contributed by atoms with Gasteiger partial charge in [-0.2, -0.15) is 0 Å². The van der Waals surface area contributed by atoms with E-state index in [9.17, 15) is 4.79 Å². The second-order valence-corrected chi connectivity index (χ2v) is 8.03. The van der Waals surface area contributed by atoms with Gasteiger partial charge in [0.25, 0.3) is 5.91 Å². The van der Waals surface area contributed by atoms with Crippen molar-refractivity contribution in [1.82, 2.24) is 14.5 Å². The second kappa shape index (κ2) is 9.07. The predicted octanol–water partition coefficient (Wildman–Crippen LogP) is 5.08. The van der Waals surface area contributed by atoms with Crippen molar-refractivity contribution in [3.05, 3.63) is 102 Å². The summed E-state index contributed by atoms with van der Waals surface area (Å²) < 4.78 is 2.07. The van der Waals surface area contributed by atoms with E-state index < -0.39 is 0 Å². The number of amides is 1. The molecule has 2 aromatic heterocycles. The number of nitrogens with zero attached hydrogens (tertiary/aromatic N) is 3. The summed E-state index contributed by atoms with van der Waals surface area (Å²) >= 11 is 0. The smallest absolute Gasteiger partial charge is 0.255 e. The third kappa shape index (κ3) is 4.31. The highest BCUT2D eigenvalue weighted by Crippen LogP contribution is 2.25. The van der Waals surface area contributed by atoms with Gasteiger partial charge in [-0.05, 0) is 60.2 Å². The van der Waals surface area contributed by atoms with Crippen LogP contribution < -0.4 is 16.4 Å². The van der Waals surface area contributed by atoms with Crippen molar-refractivity contribution in [1.29, 1.82) is 0 Å². The molecular weight excluding hydrogens is 424 g/mol. The second-order valence-electron chi connectivity index (χ2n) is 8.03. The molecule has 168 valence electrons. The normalized spacial score (nSPS) is 10.9. The molecule has 0 radical (unpaired) electrons. The van der Waals surface area contributed by atoms with Crippen LogP contribution in [0.1, 0.15) is 15.9 Å². The Morgan fingerprint density at radius 1 is 1.00 bits per heavy atom. The Morgan fingerprint density at radius 2 is 1.82 bits per heavy atom. The van der Waals surface area contributed by atoms with Gasteiger partial charge in [-0.1, -0.05) is 24.3 Å². The number of fused-ring (bicyclic) bond motifs is 1. The van der Waals surface area contributed by atoms with Crippen molar-refractivity contribution >= 4 is 34.0 Å². The summed E-state index contributed by atoms with van der Waals surface area (Å²) in [7, 11) is 2.01. The molecule has 34 heavy (non-hydrogen) atoms. The molecule has 0 aliphatic heterocycles. The highest BCUT2D eigenvalue weighted by Gasteiger charge is 2.11. The van der Waals surface area contributed by atoms with Crippen molar-refractivity contribution in [2.45, 2.75) is 6.54 Å². The molecule has 0 aliphatic rings. The average molecular weight is 449 g/mol. The molecule has 3 aromatic carbocycles. The highest BCUT2D eigenvalue weighted by molar-refractivity contribution is 6.05. The topological polar surface area (TPSA) is 97.9 Å². The quantitative estimate of drug-likeness (QED) is 0.315. The number of nitrogens with two attached hydrogens (primary N) is 1. The first-order chi connectivity index (χ1) is 16.6. The summed E-state index contributed by atoms with van der Waals surface area (Å²) in [6.07, 6.45) is 3.57. The van der Waals surface area contributed by atoms with Gasteiger partial charge in [0, 0.05) is 42.8 Å². The Balaban J connectivity index is 1.26. The molecule has 4 N–H and O–H groups in total. The van der Waals surface area contributed by atoms with Crippen molar-refractivity contribution in [2.75, 3.05) is 16.4 Å². The number of nitrogen functional groups attached to an aromatic ring is 1. The molecule has 7 nitrogen and oxygen atoms in total. The molecule has 5 aromatic rings. The van der Waals surface area contributed by atoms with E-state index in [2.05, 4.69) is 26.3 Å². The number of carbonyl (C=O) groups is 1. The van der Waals surface area contributed by atoms with E-state index in [0.717, 1.165) is 33.7 Å². The number of hydrogen-bond acceptors (Lipinski definition) is 5. The molecule has 0 saturated heterocycles. The number of pyridine rings is 1. The fourth-order valence-corrected chi connectivity index (χ4v) is 3.85. The Morgan fingerprint density at radius 3 is 2.59 bits per heavy atom. The van der Waals surface area contributed by atoms with Gasteiger partial charge < -0.3 is 20.9 Å². The lowest BCUT2D eigenvalue weighted by Crippen LogP contribution is -2.13. The van der Waals surface area contributed by atoms with Crippen LogP contribution in [0.15, 0.2) is 91.3 Å². The maximum absolute atomic E-state index is 12.5. The van der Waals surface area contributed by atoms with Crippen molar-refractivity contribution in [3.8, 4) is 11.4 Å². The largest absolute Gasteiger partial charge is 0.397 e. The van der Waals surface area contributed by atoms with E-state index in [1.54, 1.807) is 18.3 Å². The maximum atomic E-state index is 12.5. The van der Waals surface area contributed by atoms with Crippen LogP contribution in [0, 0.1) is 0 Å². The van der Waals surface area contributed by atoms with Crippen LogP contribution in [-0.4, -0.2) is 20.4 Å². The number of nitrogens with one attached hydrogen (secondary N) is 2. The van der Waals surface area contributed by atoms with Gasteiger partial charge in [0.05, 0.1) is 22.4 Å². The third-order valence-electron chi connectivity index (χ3n) is 5.72. The van der Waals surface area contributed by atoms with Gasteiger partial charge >= 0.3 is 0 Å². The minimum Gasteiger partial charge on any atom is -0.397 e. The molecule has 0 bridgehead atoms. The highest BCUT2D eigenvalue weighted by atomic mass is 16.1. The van der Waals surface area contributed by atoms with Crippen LogP contribution in [0.25, 0.3) is 22.4 Å². The van der Waals surface area contributed by atoms with Crippen molar-refractivity contribution in [2.24, 2.45) is 7.05 Å². The van der Waals surface area contributed by atoms with Crippen LogP contribution in [0.2, 0.25) is 0 Å². The van der Waals surface area contributed by atoms with Gasteiger partial charge in [-0.3, -0.25) is 9.78 Å². The first-order valence-corrected chi connectivity index (χ1v) is 10.9.